The van der Waals surface area contributed by atoms with Gasteiger partial charge in [-0.25, -0.2) is 4.79 Å². The van der Waals surface area contributed by atoms with Gasteiger partial charge in [-0.2, -0.15) is 0 Å². The summed E-state index contributed by atoms with van der Waals surface area (Å²) in [5.41, 5.74) is -0.0540. The third-order valence-corrected chi connectivity index (χ3v) is 3.06. The van der Waals surface area contributed by atoms with E-state index in [0.29, 0.717) is 0 Å². The topological polar surface area (TPSA) is 66.4 Å². The van der Waals surface area contributed by atoms with Crippen molar-refractivity contribution in [2.75, 3.05) is 0 Å². The van der Waals surface area contributed by atoms with E-state index in [2.05, 4.69) is 18.8 Å². The molecule has 1 rings (SSSR count). The molecule has 0 heterocycles. The molecule has 4 nitrogen and oxygen atoms in total. The van der Waals surface area contributed by atoms with Gasteiger partial charge in [-0.05, 0) is 31.6 Å². The van der Waals surface area contributed by atoms with Gasteiger partial charge in [-0.15, -0.1) is 0 Å². The molecule has 0 spiro atoms. The van der Waals surface area contributed by atoms with Gasteiger partial charge in [0, 0.05) is 11.6 Å². The van der Waals surface area contributed by atoms with Crippen LogP contribution >= 0.6 is 0 Å². The van der Waals surface area contributed by atoms with Crippen LogP contribution in [0.25, 0.3) is 0 Å². The van der Waals surface area contributed by atoms with Crippen molar-refractivity contribution in [3.63, 3.8) is 0 Å². The summed E-state index contributed by atoms with van der Waals surface area (Å²) < 4.78 is 0. The first-order valence-electron chi connectivity index (χ1n) is 5.69. The zero-order chi connectivity index (χ0) is 12.1. The third kappa shape index (κ3) is 4.04. The Morgan fingerprint density at radius 1 is 1.31 bits per heavy atom. The van der Waals surface area contributed by atoms with Crippen LogP contribution in [0.5, 0.6) is 0 Å². The third-order valence-electron chi connectivity index (χ3n) is 3.06. The molecular weight excluding hydrogens is 206 g/mol. The Labute approximate surface area is 95.7 Å². The van der Waals surface area contributed by atoms with Gasteiger partial charge in [0.15, 0.2) is 0 Å². The first-order chi connectivity index (χ1) is 7.49. The van der Waals surface area contributed by atoms with Crippen molar-refractivity contribution in [1.29, 1.82) is 0 Å². The van der Waals surface area contributed by atoms with Crippen LogP contribution in [0.15, 0.2) is 12.2 Å². The van der Waals surface area contributed by atoms with Gasteiger partial charge in [-0.1, -0.05) is 13.5 Å². The number of amides is 1. The minimum atomic E-state index is -1.10. The average molecular weight is 225 g/mol. The zero-order valence-corrected chi connectivity index (χ0v) is 9.66. The first kappa shape index (κ1) is 12.7. The van der Waals surface area contributed by atoms with E-state index >= 15 is 0 Å². The SMILES string of the molecule is C=C(CC(=O)NC1CCC(C)CC1)C(=O)O. The summed E-state index contributed by atoms with van der Waals surface area (Å²) in [6.45, 7) is 5.55. The van der Waals surface area contributed by atoms with E-state index in [1.807, 2.05) is 0 Å². The molecule has 1 fully saturated rings. The Bertz CT molecular complexity index is 291. The van der Waals surface area contributed by atoms with Gasteiger partial charge in [0.1, 0.15) is 0 Å². The maximum Gasteiger partial charge on any atom is 0.331 e. The molecule has 4 heteroatoms. The minimum Gasteiger partial charge on any atom is -0.478 e. The molecule has 0 aromatic heterocycles. The number of nitrogens with one attached hydrogen (secondary N) is 1. The number of carboxylic acid groups (broad SMARTS) is 1. The van der Waals surface area contributed by atoms with Crippen LogP contribution in [0.4, 0.5) is 0 Å². The molecule has 2 N–H and O–H groups in total. The molecule has 0 bridgehead atoms. The van der Waals surface area contributed by atoms with Crippen LogP contribution in [0.3, 0.4) is 0 Å². The van der Waals surface area contributed by atoms with Gasteiger partial charge in [0.05, 0.1) is 6.42 Å². The molecule has 1 amide bonds. The maximum atomic E-state index is 11.5. The van der Waals surface area contributed by atoms with Crippen molar-refractivity contribution in [3.05, 3.63) is 12.2 Å². The summed E-state index contributed by atoms with van der Waals surface area (Å²) in [7, 11) is 0. The molecule has 0 radical (unpaired) electrons. The van der Waals surface area contributed by atoms with Crippen molar-refractivity contribution >= 4 is 11.9 Å². The maximum absolute atomic E-state index is 11.5. The number of carbonyl (C=O) groups excluding carboxylic acids is 1. The molecule has 0 aliphatic heterocycles. The Balaban J connectivity index is 2.29. The summed E-state index contributed by atoms with van der Waals surface area (Å²) >= 11 is 0. The number of hydrogen-bond acceptors (Lipinski definition) is 2. The molecule has 1 aliphatic rings. The zero-order valence-electron chi connectivity index (χ0n) is 9.66. The fraction of sp³-hybridized carbons (Fsp3) is 0.667. The first-order valence-corrected chi connectivity index (χ1v) is 5.69. The lowest BCUT2D eigenvalue weighted by atomic mass is 9.87. The monoisotopic (exact) mass is 225 g/mol. The van der Waals surface area contributed by atoms with E-state index in [1.54, 1.807) is 0 Å². The molecule has 0 saturated heterocycles. The number of rotatable bonds is 4. The Morgan fingerprint density at radius 2 is 1.88 bits per heavy atom. The standard InChI is InChI=1S/C12H19NO3/c1-8-3-5-10(6-4-8)13-11(14)7-9(2)12(15)16/h8,10H,2-7H2,1H3,(H,13,14)(H,15,16). The highest BCUT2D eigenvalue weighted by Crippen LogP contribution is 2.23. The van der Waals surface area contributed by atoms with E-state index < -0.39 is 5.97 Å². The van der Waals surface area contributed by atoms with Crippen molar-refractivity contribution in [3.8, 4) is 0 Å². The number of carbonyl (C=O) groups is 2. The van der Waals surface area contributed by atoms with E-state index in [9.17, 15) is 9.59 Å². The number of hydrogen-bond donors (Lipinski definition) is 2. The predicted molar refractivity (Wildman–Crippen MR) is 61.0 cm³/mol. The largest absolute Gasteiger partial charge is 0.478 e. The molecule has 0 aromatic rings. The lowest BCUT2D eigenvalue weighted by Gasteiger charge is -2.26. The van der Waals surface area contributed by atoms with Gasteiger partial charge < -0.3 is 10.4 Å². The second-order valence-electron chi connectivity index (χ2n) is 4.61. The summed E-state index contributed by atoms with van der Waals surface area (Å²) in [6, 6.07) is 0.213. The highest BCUT2D eigenvalue weighted by molar-refractivity contribution is 5.93. The fourth-order valence-electron chi connectivity index (χ4n) is 1.95. The second kappa shape index (κ2) is 5.68. The van der Waals surface area contributed by atoms with Crippen LogP contribution in [0.1, 0.15) is 39.0 Å². The Morgan fingerprint density at radius 3 is 2.38 bits per heavy atom. The second-order valence-corrected chi connectivity index (χ2v) is 4.61. The van der Waals surface area contributed by atoms with Crippen LogP contribution in [-0.4, -0.2) is 23.0 Å². The molecule has 16 heavy (non-hydrogen) atoms. The predicted octanol–water partition coefficient (Wildman–Crippen LogP) is 1.71. The Kier molecular flexibility index (Phi) is 4.52. The van der Waals surface area contributed by atoms with Crippen molar-refractivity contribution in [2.45, 2.75) is 45.1 Å². The molecule has 1 aliphatic carbocycles. The summed E-state index contributed by atoms with van der Waals surface area (Å²) in [6.07, 6.45) is 4.13. The van der Waals surface area contributed by atoms with Gasteiger partial charge in [0.25, 0.3) is 0 Å². The summed E-state index contributed by atoms with van der Waals surface area (Å²) in [5.74, 6) is -0.596. The average Bonchev–Trinajstić information content (AvgIpc) is 2.21. The molecule has 0 atom stereocenters. The minimum absolute atomic E-state index is 0.0540. The van der Waals surface area contributed by atoms with Crippen LogP contribution in [-0.2, 0) is 9.59 Å². The highest BCUT2D eigenvalue weighted by Gasteiger charge is 2.20. The van der Waals surface area contributed by atoms with Crippen molar-refractivity contribution < 1.29 is 14.7 Å². The quantitative estimate of drug-likeness (QED) is 0.716. The normalized spacial score (nSPS) is 24.8. The Hall–Kier alpha value is -1.32. The number of aliphatic carboxylic acids is 1. The van der Waals surface area contributed by atoms with E-state index in [-0.39, 0.29) is 23.9 Å². The molecule has 0 unspecified atom stereocenters. The molecule has 90 valence electrons. The molecule has 0 aromatic carbocycles. The lowest BCUT2D eigenvalue weighted by molar-refractivity contribution is -0.134. The summed E-state index contributed by atoms with van der Waals surface area (Å²) in [4.78, 5) is 22.0. The van der Waals surface area contributed by atoms with Crippen molar-refractivity contribution in [1.82, 2.24) is 5.32 Å². The van der Waals surface area contributed by atoms with Crippen LogP contribution < -0.4 is 5.32 Å². The van der Waals surface area contributed by atoms with Crippen LogP contribution in [0.2, 0.25) is 0 Å². The fourth-order valence-corrected chi connectivity index (χ4v) is 1.95. The molecule has 1 saturated carbocycles. The van der Waals surface area contributed by atoms with Gasteiger partial charge >= 0.3 is 5.97 Å². The lowest BCUT2D eigenvalue weighted by Crippen LogP contribution is -2.37. The van der Waals surface area contributed by atoms with Crippen LogP contribution in [0, 0.1) is 5.92 Å². The number of carboxylic acids is 1. The van der Waals surface area contributed by atoms with E-state index in [0.717, 1.165) is 31.6 Å². The summed E-state index contributed by atoms with van der Waals surface area (Å²) in [5, 5.41) is 11.5. The highest BCUT2D eigenvalue weighted by atomic mass is 16.4. The molecular formula is C12H19NO3. The van der Waals surface area contributed by atoms with Gasteiger partial charge in [0.2, 0.25) is 5.91 Å². The van der Waals surface area contributed by atoms with Crippen molar-refractivity contribution in [2.24, 2.45) is 5.92 Å². The van der Waals surface area contributed by atoms with Gasteiger partial charge in [-0.3, -0.25) is 4.79 Å². The smallest absolute Gasteiger partial charge is 0.331 e. The van der Waals surface area contributed by atoms with E-state index in [1.165, 1.54) is 0 Å². The van der Waals surface area contributed by atoms with E-state index in [4.69, 9.17) is 5.11 Å².